The van der Waals surface area contributed by atoms with Crippen LogP contribution >= 0.6 is 0 Å². The van der Waals surface area contributed by atoms with Crippen molar-refractivity contribution in [2.75, 3.05) is 13.1 Å². The van der Waals surface area contributed by atoms with Crippen LogP contribution < -0.4 is 0 Å². The van der Waals surface area contributed by atoms with Gasteiger partial charge in [0.05, 0.1) is 11.3 Å². The van der Waals surface area contributed by atoms with Crippen molar-refractivity contribution in [2.24, 2.45) is 17.3 Å². The molecule has 2 aromatic rings. The largest absolute Gasteiger partial charge is 0.295 e. The van der Waals surface area contributed by atoms with E-state index < -0.39 is 0 Å². The molecule has 5 heteroatoms. The van der Waals surface area contributed by atoms with E-state index in [1.54, 1.807) is 18.0 Å². The molecule has 0 saturated heterocycles. The summed E-state index contributed by atoms with van der Waals surface area (Å²) < 4.78 is 0. The maximum absolute atomic E-state index is 4.78. The lowest BCUT2D eigenvalue weighted by atomic mass is 9.49. The van der Waals surface area contributed by atoms with Crippen LogP contribution in [-0.4, -0.2) is 37.9 Å². The van der Waals surface area contributed by atoms with E-state index in [0.29, 0.717) is 5.41 Å². The quantitative estimate of drug-likeness (QED) is 0.798. The highest BCUT2D eigenvalue weighted by Gasteiger charge is 2.51. The van der Waals surface area contributed by atoms with Gasteiger partial charge in [0.15, 0.2) is 5.82 Å². The van der Waals surface area contributed by atoms with Gasteiger partial charge in [-0.1, -0.05) is 25.5 Å². The van der Waals surface area contributed by atoms with Crippen LogP contribution in [0.2, 0.25) is 0 Å². The molecule has 0 amide bonds. The van der Waals surface area contributed by atoms with E-state index in [4.69, 9.17) is 4.98 Å². The smallest absolute Gasteiger partial charge is 0.162 e. The third kappa shape index (κ3) is 2.57. The number of nitrogens with zero attached hydrogens (tertiary/aromatic N) is 5. The minimum Gasteiger partial charge on any atom is -0.295 e. The van der Waals surface area contributed by atoms with E-state index >= 15 is 0 Å². The fraction of sp³-hybridized carbons (Fsp3) is 0.524. The van der Waals surface area contributed by atoms with Crippen molar-refractivity contribution >= 4 is 0 Å². The average molecular weight is 347 g/mol. The van der Waals surface area contributed by atoms with E-state index in [2.05, 4.69) is 39.8 Å². The number of hydrogen-bond acceptors (Lipinski definition) is 5. The molecule has 134 valence electrons. The Morgan fingerprint density at radius 2 is 2.04 bits per heavy atom. The van der Waals surface area contributed by atoms with Crippen LogP contribution in [0.3, 0.4) is 0 Å². The van der Waals surface area contributed by atoms with Gasteiger partial charge in [0.1, 0.15) is 6.33 Å². The first-order valence-corrected chi connectivity index (χ1v) is 9.62. The summed E-state index contributed by atoms with van der Waals surface area (Å²) in [6.45, 7) is 8.03. The second kappa shape index (κ2) is 5.95. The Kier molecular flexibility index (Phi) is 3.67. The zero-order valence-corrected chi connectivity index (χ0v) is 15.5. The van der Waals surface area contributed by atoms with Gasteiger partial charge in [0, 0.05) is 50.2 Å². The molecule has 26 heavy (non-hydrogen) atoms. The van der Waals surface area contributed by atoms with E-state index in [9.17, 15) is 0 Å². The van der Waals surface area contributed by atoms with Crippen LogP contribution in [0.15, 0.2) is 36.6 Å². The summed E-state index contributed by atoms with van der Waals surface area (Å²) in [6, 6.07) is 0. The van der Waals surface area contributed by atoms with Crippen LogP contribution in [0.25, 0.3) is 11.4 Å². The summed E-state index contributed by atoms with van der Waals surface area (Å²) in [6.07, 6.45) is 13.3. The number of hydrogen-bond donors (Lipinski definition) is 0. The standard InChI is InChI=1S/C21H25N5/c1-21(2)17-4-3-14(18(21)7-17)11-26-6-5-19-16(12-26)10-24-20(25-19)15-8-22-13-23-9-15/h3,8-10,13,17-18H,4-7,11-12H2,1-2H3. The van der Waals surface area contributed by atoms with Gasteiger partial charge in [0.2, 0.25) is 0 Å². The topological polar surface area (TPSA) is 54.8 Å². The second-order valence-corrected chi connectivity index (χ2v) is 8.57. The maximum Gasteiger partial charge on any atom is 0.162 e. The summed E-state index contributed by atoms with van der Waals surface area (Å²) in [5.41, 5.74) is 5.50. The van der Waals surface area contributed by atoms with E-state index in [0.717, 1.165) is 49.3 Å². The van der Waals surface area contributed by atoms with Crippen molar-refractivity contribution in [2.45, 2.75) is 39.7 Å². The molecule has 2 bridgehead atoms. The van der Waals surface area contributed by atoms with Crippen LogP contribution in [0, 0.1) is 17.3 Å². The summed E-state index contributed by atoms with van der Waals surface area (Å²) >= 11 is 0. The highest BCUT2D eigenvalue weighted by molar-refractivity contribution is 5.52. The van der Waals surface area contributed by atoms with Crippen molar-refractivity contribution in [1.82, 2.24) is 24.8 Å². The molecule has 2 aromatic heterocycles. The third-order valence-electron chi connectivity index (χ3n) is 6.82. The predicted molar refractivity (Wildman–Crippen MR) is 100 cm³/mol. The molecule has 0 radical (unpaired) electrons. The molecule has 1 aliphatic heterocycles. The molecule has 2 atom stereocenters. The first kappa shape index (κ1) is 16.1. The van der Waals surface area contributed by atoms with Crippen molar-refractivity contribution in [3.8, 4) is 11.4 Å². The summed E-state index contributed by atoms with van der Waals surface area (Å²) in [7, 11) is 0. The predicted octanol–water partition coefficient (Wildman–Crippen LogP) is 3.28. The van der Waals surface area contributed by atoms with Gasteiger partial charge in [-0.25, -0.2) is 19.9 Å². The zero-order valence-electron chi connectivity index (χ0n) is 15.5. The van der Waals surface area contributed by atoms with Gasteiger partial charge >= 0.3 is 0 Å². The Labute approximate surface area is 154 Å². The van der Waals surface area contributed by atoms with Gasteiger partial charge in [-0.15, -0.1) is 0 Å². The maximum atomic E-state index is 4.78. The monoisotopic (exact) mass is 347 g/mol. The molecule has 1 fully saturated rings. The zero-order chi connectivity index (χ0) is 17.7. The van der Waals surface area contributed by atoms with E-state index in [1.165, 1.54) is 30.4 Å². The summed E-state index contributed by atoms with van der Waals surface area (Å²) in [5.74, 6) is 2.43. The average Bonchev–Trinajstić information content (AvgIpc) is 2.68. The first-order valence-electron chi connectivity index (χ1n) is 9.62. The molecular formula is C21H25N5. The lowest BCUT2D eigenvalue weighted by molar-refractivity contribution is -0.0110. The lowest BCUT2D eigenvalue weighted by Crippen LogP contribution is -2.50. The number of fused-ring (bicyclic) bond motifs is 2. The Balaban J connectivity index is 1.31. The third-order valence-corrected chi connectivity index (χ3v) is 6.82. The number of aromatic nitrogens is 4. The Morgan fingerprint density at radius 3 is 2.81 bits per heavy atom. The number of allylic oxidation sites excluding steroid dienone is 1. The molecule has 5 nitrogen and oxygen atoms in total. The van der Waals surface area contributed by atoms with Gasteiger partial charge < -0.3 is 0 Å². The van der Waals surface area contributed by atoms with Gasteiger partial charge in [0.25, 0.3) is 0 Å². The SMILES string of the molecule is CC1(C)C2CC=C(CN3CCc4nc(-c5cncnc5)ncc4C3)C1C2. The molecule has 0 aromatic carbocycles. The summed E-state index contributed by atoms with van der Waals surface area (Å²) in [4.78, 5) is 20.0. The molecule has 1 saturated carbocycles. The second-order valence-electron chi connectivity index (χ2n) is 8.57. The van der Waals surface area contributed by atoms with Crippen molar-refractivity contribution < 1.29 is 0 Å². The Bertz CT molecular complexity index is 858. The fourth-order valence-corrected chi connectivity index (χ4v) is 4.98. The van der Waals surface area contributed by atoms with Crippen molar-refractivity contribution in [1.29, 1.82) is 0 Å². The van der Waals surface area contributed by atoms with E-state index in [-0.39, 0.29) is 0 Å². The lowest BCUT2D eigenvalue weighted by Gasteiger charge is -2.57. The fourth-order valence-electron chi connectivity index (χ4n) is 4.98. The molecule has 6 rings (SSSR count). The number of rotatable bonds is 3. The van der Waals surface area contributed by atoms with E-state index in [1.807, 2.05) is 6.20 Å². The molecule has 4 aliphatic rings. The molecule has 3 aliphatic carbocycles. The minimum atomic E-state index is 0.507. The Hall–Kier alpha value is -2.14. The Morgan fingerprint density at radius 1 is 1.19 bits per heavy atom. The van der Waals surface area contributed by atoms with Crippen LogP contribution in [0.4, 0.5) is 0 Å². The van der Waals surface area contributed by atoms with Crippen LogP contribution in [0.5, 0.6) is 0 Å². The van der Waals surface area contributed by atoms with Gasteiger partial charge in [-0.3, -0.25) is 4.90 Å². The van der Waals surface area contributed by atoms with Crippen LogP contribution in [-0.2, 0) is 13.0 Å². The van der Waals surface area contributed by atoms with Crippen molar-refractivity contribution in [3.05, 3.63) is 47.8 Å². The van der Waals surface area contributed by atoms with Crippen LogP contribution in [0.1, 0.15) is 37.9 Å². The first-order chi connectivity index (χ1) is 12.6. The molecule has 3 heterocycles. The molecular weight excluding hydrogens is 322 g/mol. The minimum absolute atomic E-state index is 0.507. The highest BCUT2D eigenvalue weighted by Crippen LogP contribution is 2.59. The molecule has 0 spiro atoms. The molecule has 0 N–H and O–H groups in total. The van der Waals surface area contributed by atoms with Gasteiger partial charge in [-0.2, -0.15) is 0 Å². The normalized spacial score (nSPS) is 26.6. The highest BCUT2D eigenvalue weighted by atomic mass is 15.1. The van der Waals surface area contributed by atoms with Crippen molar-refractivity contribution in [3.63, 3.8) is 0 Å². The molecule has 2 unspecified atom stereocenters. The summed E-state index contributed by atoms with van der Waals surface area (Å²) in [5, 5.41) is 0. The van der Waals surface area contributed by atoms with Gasteiger partial charge in [-0.05, 0) is 30.1 Å².